The zero-order valence-electron chi connectivity index (χ0n) is 17.2. The molecule has 0 spiro atoms. The van der Waals surface area contributed by atoms with Crippen molar-refractivity contribution < 1.29 is 14.3 Å². The van der Waals surface area contributed by atoms with Crippen LogP contribution < -0.4 is 4.90 Å². The highest BCUT2D eigenvalue weighted by Crippen LogP contribution is 2.23. The van der Waals surface area contributed by atoms with Gasteiger partial charge in [-0.25, -0.2) is 8.72 Å². The van der Waals surface area contributed by atoms with E-state index in [0.29, 0.717) is 25.6 Å². The van der Waals surface area contributed by atoms with Crippen molar-refractivity contribution in [2.24, 2.45) is 5.92 Å². The number of aromatic nitrogens is 1. The van der Waals surface area contributed by atoms with Gasteiger partial charge in [-0.05, 0) is 51.7 Å². The van der Waals surface area contributed by atoms with E-state index >= 15 is 0 Å². The second kappa shape index (κ2) is 10.1. The van der Waals surface area contributed by atoms with Crippen molar-refractivity contribution in [2.45, 2.75) is 46.1 Å². The Morgan fingerprint density at radius 2 is 1.82 bits per heavy atom. The minimum absolute atomic E-state index is 0.0293. The Morgan fingerprint density at radius 3 is 2.36 bits per heavy atom. The number of carbonyl (C=O) groups is 2. The lowest BCUT2D eigenvalue weighted by atomic mass is 9.95. The Morgan fingerprint density at radius 1 is 1.21 bits per heavy atom. The van der Waals surface area contributed by atoms with Gasteiger partial charge in [-0.3, -0.25) is 9.78 Å². The summed E-state index contributed by atoms with van der Waals surface area (Å²) in [5, 5.41) is 0. The van der Waals surface area contributed by atoms with Crippen molar-refractivity contribution in [1.29, 1.82) is 0 Å². The van der Waals surface area contributed by atoms with Gasteiger partial charge < -0.3 is 14.5 Å². The zero-order valence-corrected chi connectivity index (χ0v) is 18.8. The maximum Gasteiger partial charge on any atom is 0.420 e. The Kier molecular flexibility index (Phi) is 8.10. The van der Waals surface area contributed by atoms with Crippen LogP contribution in [0.2, 0.25) is 0 Å². The fourth-order valence-corrected chi connectivity index (χ4v) is 3.46. The molecule has 8 heteroatoms. The minimum atomic E-state index is -0.549. The molecule has 7 nitrogen and oxygen atoms in total. The van der Waals surface area contributed by atoms with Crippen molar-refractivity contribution in [2.75, 3.05) is 37.6 Å². The summed E-state index contributed by atoms with van der Waals surface area (Å²) in [6.07, 6.45) is 5.26. The minimum Gasteiger partial charge on any atom is -0.443 e. The van der Waals surface area contributed by atoms with Crippen molar-refractivity contribution in [3.05, 3.63) is 24.5 Å². The lowest BCUT2D eigenvalue weighted by Crippen LogP contribution is -2.43. The van der Waals surface area contributed by atoms with Gasteiger partial charge in [-0.15, -0.1) is 0 Å². The molecule has 156 valence electrons. The summed E-state index contributed by atoms with van der Waals surface area (Å²) in [4.78, 5) is 32.4. The molecule has 0 unspecified atom stereocenters. The summed E-state index contributed by atoms with van der Waals surface area (Å²) < 4.78 is 6.67. The summed E-state index contributed by atoms with van der Waals surface area (Å²) in [5.41, 5.74) is 0.649. The van der Waals surface area contributed by atoms with E-state index in [4.69, 9.17) is 4.74 Å². The van der Waals surface area contributed by atoms with E-state index in [1.54, 1.807) is 6.92 Å². The molecule has 0 radical (unpaired) electrons. The SMILES string of the molecule is CC(=O)N(CCN(Br)C(=O)OC(C)(C)C)CC1CCN(c2ccncc2)CC1. The third-order valence-corrected chi connectivity index (χ3v) is 5.37. The summed E-state index contributed by atoms with van der Waals surface area (Å²) >= 11 is 3.24. The van der Waals surface area contributed by atoms with Crippen LogP contribution in [0.4, 0.5) is 10.5 Å². The van der Waals surface area contributed by atoms with Crippen LogP contribution in [-0.2, 0) is 9.53 Å². The molecule has 1 aliphatic heterocycles. The normalized spacial score (nSPS) is 15.2. The molecule has 0 saturated carbocycles. The van der Waals surface area contributed by atoms with E-state index in [0.717, 1.165) is 25.9 Å². The van der Waals surface area contributed by atoms with Crippen molar-refractivity contribution >= 4 is 33.8 Å². The summed E-state index contributed by atoms with van der Waals surface area (Å²) in [6, 6.07) is 4.06. The fraction of sp³-hybridized carbons (Fsp3) is 0.650. The third kappa shape index (κ3) is 7.30. The van der Waals surface area contributed by atoms with E-state index < -0.39 is 11.7 Å². The number of anilines is 1. The van der Waals surface area contributed by atoms with Crippen LogP contribution in [-0.4, -0.2) is 64.1 Å². The molecule has 0 atom stereocenters. The van der Waals surface area contributed by atoms with Gasteiger partial charge in [0.2, 0.25) is 5.91 Å². The highest BCUT2D eigenvalue weighted by Gasteiger charge is 2.25. The molecule has 0 bridgehead atoms. The molecule has 2 heterocycles. The van der Waals surface area contributed by atoms with Crippen LogP contribution in [0.3, 0.4) is 0 Å². The summed E-state index contributed by atoms with van der Waals surface area (Å²) in [6.45, 7) is 10.6. The van der Waals surface area contributed by atoms with Gasteiger partial charge in [0.1, 0.15) is 5.60 Å². The molecule has 0 N–H and O–H groups in total. The fourth-order valence-electron chi connectivity index (χ4n) is 3.23. The second-order valence-electron chi connectivity index (χ2n) is 8.17. The number of nitrogens with zero attached hydrogens (tertiary/aromatic N) is 4. The predicted octanol–water partition coefficient (Wildman–Crippen LogP) is 3.69. The van der Waals surface area contributed by atoms with E-state index in [2.05, 4.69) is 26.0 Å². The maximum absolute atomic E-state index is 12.1. The van der Waals surface area contributed by atoms with Crippen LogP contribution in [0.25, 0.3) is 0 Å². The van der Waals surface area contributed by atoms with Crippen molar-refractivity contribution in [1.82, 2.24) is 13.8 Å². The first kappa shape index (κ1) is 22.5. The summed E-state index contributed by atoms with van der Waals surface area (Å²) in [7, 11) is 0. The van der Waals surface area contributed by atoms with Crippen LogP contribution in [0.15, 0.2) is 24.5 Å². The number of piperidine rings is 1. The number of hydrogen-bond acceptors (Lipinski definition) is 5. The van der Waals surface area contributed by atoms with Crippen LogP contribution in [0.1, 0.15) is 40.5 Å². The Hall–Kier alpha value is -1.83. The first-order valence-electron chi connectivity index (χ1n) is 9.72. The zero-order chi connectivity index (χ0) is 20.7. The molecule has 28 heavy (non-hydrogen) atoms. The van der Waals surface area contributed by atoms with Gasteiger partial charge in [-0.2, -0.15) is 0 Å². The smallest absolute Gasteiger partial charge is 0.420 e. The van der Waals surface area contributed by atoms with Crippen molar-refractivity contribution in [3.8, 4) is 0 Å². The second-order valence-corrected chi connectivity index (χ2v) is 9.02. The van der Waals surface area contributed by atoms with E-state index in [-0.39, 0.29) is 5.91 Å². The maximum atomic E-state index is 12.1. The van der Waals surface area contributed by atoms with Gasteiger partial charge in [-0.1, -0.05) is 0 Å². The number of amides is 2. The Labute approximate surface area is 176 Å². The average molecular weight is 455 g/mol. The number of carbonyl (C=O) groups excluding carboxylic acids is 2. The first-order chi connectivity index (χ1) is 13.2. The lowest BCUT2D eigenvalue weighted by molar-refractivity contribution is -0.129. The Bertz CT molecular complexity index is 643. The first-order valence-corrected chi connectivity index (χ1v) is 10.4. The summed E-state index contributed by atoms with van der Waals surface area (Å²) in [5.74, 6) is 0.494. The monoisotopic (exact) mass is 454 g/mol. The van der Waals surface area contributed by atoms with Gasteiger partial charge in [0, 0.05) is 51.2 Å². The molecule has 2 amide bonds. The molecule has 1 aromatic rings. The molecule has 0 aliphatic carbocycles. The molecule has 1 aromatic heterocycles. The molecular weight excluding hydrogens is 424 g/mol. The van der Waals surface area contributed by atoms with Crippen LogP contribution >= 0.6 is 16.1 Å². The number of halogens is 1. The molecule has 0 aromatic carbocycles. The average Bonchev–Trinajstić information content (AvgIpc) is 2.64. The Balaban J connectivity index is 1.80. The lowest BCUT2D eigenvalue weighted by Gasteiger charge is -2.36. The quantitative estimate of drug-likeness (QED) is 0.613. The van der Waals surface area contributed by atoms with Crippen LogP contribution in [0, 0.1) is 5.92 Å². The number of rotatable bonds is 6. The van der Waals surface area contributed by atoms with E-state index in [1.807, 2.05) is 50.2 Å². The topological polar surface area (TPSA) is 66.0 Å². The predicted molar refractivity (Wildman–Crippen MR) is 113 cm³/mol. The molecule has 1 aliphatic rings. The van der Waals surface area contributed by atoms with Gasteiger partial charge in [0.05, 0.1) is 22.7 Å². The molecular formula is C20H31BrN4O3. The largest absolute Gasteiger partial charge is 0.443 e. The third-order valence-electron chi connectivity index (χ3n) is 4.72. The van der Waals surface area contributed by atoms with Gasteiger partial charge in [0.15, 0.2) is 0 Å². The molecule has 1 saturated heterocycles. The van der Waals surface area contributed by atoms with Gasteiger partial charge in [0.25, 0.3) is 0 Å². The van der Waals surface area contributed by atoms with Gasteiger partial charge >= 0.3 is 6.09 Å². The number of ether oxygens (including phenoxy) is 1. The number of hydrogen-bond donors (Lipinski definition) is 0. The van der Waals surface area contributed by atoms with E-state index in [9.17, 15) is 9.59 Å². The number of pyridine rings is 1. The molecule has 1 fully saturated rings. The molecule has 2 rings (SSSR count). The highest BCUT2D eigenvalue weighted by atomic mass is 79.9. The van der Waals surface area contributed by atoms with Crippen LogP contribution in [0.5, 0.6) is 0 Å². The highest BCUT2D eigenvalue weighted by molar-refractivity contribution is 9.07. The standard InChI is InChI=1S/C20H31BrN4O3/c1-16(26)24(13-14-25(21)19(27)28-20(2,3)4)15-17-7-11-23(12-8-17)18-5-9-22-10-6-18/h5-6,9-10,17H,7-8,11-15H2,1-4H3. The van der Waals surface area contributed by atoms with E-state index in [1.165, 1.54) is 9.61 Å². The van der Waals surface area contributed by atoms with Crippen molar-refractivity contribution in [3.63, 3.8) is 0 Å².